The van der Waals surface area contributed by atoms with E-state index in [2.05, 4.69) is 18.5 Å². The van der Waals surface area contributed by atoms with Gasteiger partial charge in [0.1, 0.15) is 45.6 Å². The minimum atomic E-state index is -1.56. The molecular weight excluding hydrogens is 1130 g/mol. The van der Waals surface area contributed by atoms with Gasteiger partial charge in [-0.3, -0.25) is 33.6 Å². The maximum atomic E-state index is 13.8. The number of thioether (sulfide) groups is 3. The van der Waals surface area contributed by atoms with Gasteiger partial charge in [-0.25, -0.2) is 24.0 Å². The Kier molecular flexibility index (Phi) is 36.8. The molecule has 3 atom stereocenters. The number of aromatic carboxylic acids is 1. The van der Waals surface area contributed by atoms with E-state index in [1.807, 2.05) is 0 Å². The molecule has 2 N–H and O–H groups in total. The van der Waals surface area contributed by atoms with Crippen LogP contribution in [0.1, 0.15) is 107 Å². The number of amides is 1. The number of carbonyl (C=O) groups excluding carboxylic acids is 11. The largest absolute Gasteiger partial charge is 0.478 e. The van der Waals surface area contributed by atoms with Crippen molar-refractivity contribution >= 4 is 106 Å². The lowest BCUT2D eigenvalue weighted by Gasteiger charge is -2.33. The maximum Gasteiger partial charge on any atom is 0.407 e. The van der Waals surface area contributed by atoms with Crippen LogP contribution in [-0.4, -0.2) is 184 Å². The van der Waals surface area contributed by atoms with Crippen LogP contribution >= 0.6 is 35.3 Å². The summed E-state index contributed by atoms with van der Waals surface area (Å²) in [6.07, 6.45) is -0.438. The molecule has 0 bridgehead atoms. The van der Waals surface area contributed by atoms with Gasteiger partial charge < -0.3 is 53.1 Å². The van der Waals surface area contributed by atoms with E-state index >= 15 is 0 Å². The maximum absolute atomic E-state index is 13.8. The van der Waals surface area contributed by atoms with E-state index in [1.165, 1.54) is 80.5 Å². The smallest absolute Gasteiger partial charge is 0.407 e. The molecule has 0 saturated heterocycles. The molecule has 0 aliphatic carbocycles. The highest BCUT2D eigenvalue weighted by Crippen LogP contribution is 2.39. The Morgan fingerprint density at radius 1 is 0.598 bits per heavy atom. The van der Waals surface area contributed by atoms with Crippen LogP contribution in [-0.2, 0) is 85.8 Å². The lowest BCUT2D eigenvalue weighted by atomic mass is 9.75. The number of carboxylic acids is 1. The van der Waals surface area contributed by atoms with Crippen LogP contribution in [0.2, 0.25) is 0 Å². The van der Waals surface area contributed by atoms with E-state index in [0.29, 0.717) is 24.5 Å². The highest BCUT2D eigenvalue weighted by molar-refractivity contribution is 7.99. The van der Waals surface area contributed by atoms with Crippen molar-refractivity contribution in [1.82, 2.24) is 5.32 Å². The predicted molar refractivity (Wildman–Crippen MR) is 304 cm³/mol. The highest BCUT2D eigenvalue weighted by atomic mass is 32.2. The standard InChI is InChI=1S/C56H79NO22S3/c1-37(2)48(64)74-22-12-16-45(61)73-26-29-78-52(68)55(6,7)35-56(8,53(69)71-9)36-82-33-19-44(60)46(42(58)17-31-80-30-13-21-72-24-25-79-54(70)57-20-23-75-49(65)38(3)4)43(59)18-32-81-34-39(5)50(66)76-27-28-77-51(67)41-15-11-10-14-40(41)47(62)63/h10-11,14-15,39,46H,1,3,12-13,16-36H2,2,4-9H3,(H,57,70)(H,62,63). The number of alkyl carbamates (subject to hydrolysis) is 1. The summed E-state index contributed by atoms with van der Waals surface area (Å²) in [4.78, 5) is 151. The molecule has 1 aromatic rings. The molecule has 1 aromatic carbocycles. The van der Waals surface area contributed by atoms with Crippen molar-refractivity contribution in [3.05, 3.63) is 59.7 Å². The van der Waals surface area contributed by atoms with Crippen molar-refractivity contribution in [3.8, 4) is 0 Å². The third-order valence-electron chi connectivity index (χ3n) is 11.3. The number of rotatable bonds is 45. The predicted octanol–water partition coefficient (Wildman–Crippen LogP) is 6.25. The van der Waals surface area contributed by atoms with E-state index in [0.717, 1.165) is 0 Å². The first-order valence-corrected chi connectivity index (χ1v) is 29.8. The number of ether oxygens (including phenoxy) is 9. The van der Waals surface area contributed by atoms with Crippen LogP contribution in [0.15, 0.2) is 48.6 Å². The van der Waals surface area contributed by atoms with Crippen LogP contribution in [0, 0.1) is 22.7 Å². The monoisotopic (exact) mass is 1210 g/mol. The number of benzene rings is 1. The van der Waals surface area contributed by atoms with Gasteiger partial charge in [-0.05, 0) is 71.8 Å². The van der Waals surface area contributed by atoms with Crippen molar-refractivity contribution < 1.29 is 105 Å². The number of esters is 7. The van der Waals surface area contributed by atoms with E-state index in [9.17, 15) is 62.6 Å². The molecule has 1 rings (SSSR count). The molecular formula is C56H79NO22S3. The molecule has 23 nitrogen and oxygen atoms in total. The summed E-state index contributed by atoms with van der Waals surface area (Å²) in [7, 11) is 1.20. The molecule has 0 aliphatic rings. The molecule has 0 aromatic heterocycles. The molecule has 0 fully saturated rings. The third kappa shape index (κ3) is 30.7. The lowest BCUT2D eigenvalue weighted by Crippen LogP contribution is -2.40. The van der Waals surface area contributed by atoms with Crippen LogP contribution < -0.4 is 5.32 Å². The summed E-state index contributed by atoms with van der Waals surface area (Å²) in [6.45, 7) is 15.6. The van der Waals surface area contributed by atoms with Crippen molar-refractivity contribution in [2.24, 2.45) is 22.7 Å². The molecule has 0 heterocycles. The minimum absolute atomic E-state index is 0.000468. The summed E-state index contributed by atoms with van der Waals surface area (Å²) in [5.74, 6) is -8.38. The van der Waals surface area contributed by atoms with Gasteiger partial charge in [0.15, 0.2) is 17.3 Å². The first-order chi connectivity index (χ1) is 38.8. The zero-order chi connectivity index (χ0) is 61.7. The Balaban J connectivity index is 2.81. The second kappa shape index (κ2) is 40.9. The third-order valence-corrected chi connectivity index (χ3v) is 14.9. The summed E-state index contributed by atoms with van der Waals surface area (Å²) in [6, 6.07) is 5.50. The average molecular weight is 1210 g/mol. The summed E-state index contributed by atoms with van der Waals surface area (Å²) >= 11 is 3.85. The van der Waals surface area contributed by atoms with Crippen molar-refractivity contribution in [2.45, 2.75) is 86.5 Å². The Morgan fingerprint density at radius 2 is 1.15 bits per heavy atom. The molecule has 26 heteroatoms. The fraction of sp³-hybridized carbons (Fsp3) is 0.607. The molecule has 0 radical (unpaired) electrons. The molecule has 82 heavy (non-hydrogen) atoms. The number of Topliss-reactive ketones (excluding diaryl/α,β-unsaturated/α-hetero) is 3. The highest BCUT2D eigenvalue weighted by Gasteiger charge is 2.44. The van der Waals surface area contributed by atoms with Crippen molar-refractivity contribution in [2.75, 3.05) is 108 Å². The number of carboxylic acid groups (broad SMARTS) is 1. The first-order valence-electron chi connectivity index (χ1n) is 26.3. The average Bonchev–Trinajstić information content (AvgIpc) is 3.51. The van der Waals surface area contributed by atoms with E-state index in [-0.39, 0.29) is 143 Å². The molecule has 458 valence electrons. The fourth-order valence-corrected chi connectivity index (χ4v) is 10.2. The molecule has 0 saturated carbocycles. The van der Waals surface area contributed by atoms with Gasteiger partial charge in [-0.2, -0.15) is 35.3 Å². The summed E-state index contributed by atoms with van der Waals surface area (Å²) in [5, 5.41) is 11.8. The summed E-state index contributed by atoms with van der Waals surface area (Å²) in [5.41, 5.74) is -2.43. The second-order valence-corrected chi connectivity index (χ2v) is 22.8. The van der Waals surface area contributed by atoms with Crippen LogP contribution in [0.5, 0.6) is 0 Å². The molecule has 0 aliphatic heterocycles. The number of methoxy groups -OCH3 is 1. The van der Waals surface area contributed by atoms with Crippen LogP contribution in [0.4, 0.5) is 4.79 Å². The Morgan fingerprint density at radius 3 is 1.76 bits per heavy atom. The van der Waals surface area contributed by atoms with E-state index in [1.54, 1.807) is 27.7 Å². The summed E-state index contributed by atoms with van der Waals surface area (Å²) < 4.78 is 46.2. The zero-order valence-electron chi connectivity index (χ0n) is 47.9. The molecule has 3 unspecified atom stereocenters. The Bertz CT molecular complexity index is 2360. The van der Waals surface area contributed by atoms with E-state index < -0.39 is 93.9 Å². The zero-order valence-corrected chi connectivity index (χ0v) is 50.3. The Labute approximate surface area is 491 Å². The van der Waals surface area contributed by atoms with Gasteiger partial charge >= 0.3 is 53.8 Å². The second-order valence-electron chi connectivity index (χ2n) is 19.3. The van der Waals surface area contributed by atoms with Crippen molar-refractivity contribution in [3.63, 3.8) is 0 Å². The van der Waals surface area contributed by atoms with Crippen LogP contribution in [0.25, 0.3) is 0 Å². The van der Waals surface area contributed by atoms with Gasteiger partial charge in [-0.1, -0.05) is 32.2 Å². The lowest BCUT2D eigenvalue weighted by molar-refractivity contribution is -0.163. The van der Waals surface area contributed by atoms with Gasteiger partial charge in [0.05, 0.1) is 54.7 Å². The fourth-order valence-electron chi connectivity index (χ4n) is 7.13. The van der Waals surface area contributed by atoms with E-state index in [4.69, 9.17) is 42.6 Å². The minimum Gasteiger partial charge on any atom is -0.478 e. The number of ketones is 3. The SMILES string of the molecule is C=C(C)C(=O)OCCCC(=O)OCCOC(=O)C(C)(C)CC(C)(CSCCC(=O)C(C(=O)CCSCCCOCCOC(=O)NCCOC(=O)C(=C)C)C(=O)CCSCC(C)C(=O)OCCOC(=O)c1ccccc1C(=O)O)C(=O)OC. The normalized spacial score (nSPS) is 12.4. The number of hydrogen-bond donors (Lipinski definition) is 2. The number of nitrogens with one attached hydrogen (secondary N) is 1. The Hall–Kier alpha value is -6.25. The number of hydrogen-bond acceptors (Lipinski definition) is 24. The quantitative estimate of drug-likeness (QED) is 0.0240. The molecule has 1 amide bonds. The van der Waals surface area contributed by atoms with Crippen molar-refractivity contribution in [1.29, 1.82) is 0 Å². The van der Waals surface area contributed by atoms with Gasteiger partial charge in [0.25, 0.3) is 0 Å². The van der Waals surface area contributed by atoms with Gasteiger partial charge in [0.2, 0.25) is 0 Å². The van der Waals surface area contributed by atoms with Crippen LogP contribution in [0.3, 0.4) is 0 Å². The molecule has 0 spiro atoms. The topological polar surface area (TPSA) is 320 Å². The number of carbonyl (C=O) groups is 12. The van der Waals surface area contributed by atoms with Gasteiger partial charge in [-0.15, -0.1) is 0 Å². The first kappa shape index (κ1) is 73.8. The van der Waals surface area contributed by atoms with Gasteiger partial charge in [0, 0.05) is 72.2 Å².